The van der Waals surface area contributed by atoms with E-state index < -0.39 is 6.61 Å². The second-order valence-corrected chi connectivity index (χ2v) is 2.72. The second-order valence-electron chi connectivity index (χ2n) is 2.72. The average Bonchev–Trinajstić information content (AvgIpc) is 2.27. The van der Waals surface area contributed by atoms with Crippen LogP contribution in [0.5, 0.6) is 5.75 Å². The maximum absolute atomic E-state index is 12.1. The minimum absolute atomic E-state index is 0.0221. The van der Waals surface area contributed by atoms with Crippen LogP contribution < -0.4 is 21.3 Å². The summed E-state index contributed by atoms with van der Waals surface area (Å²) in [6.07, 6.45) is 0. The molecule has 0 spiro atoms. The highest BCUT2D eigenvalue weighted by Gasteiger charge is 2.09. The van der Waals surface area contributed by atoms with Crippen molar-refractivity contribution in [3.63, 3.8) is 0 Å². The van der Waals surface area contributed by atoms with Gasteiger partial charge in [-0.15, -0.1) is 0 Å². The predicted molar refractivity (Wildman–Crippen MR) is 57.4 cm³/mol. The van der Waals surface area contributed by atoms with Crippen LogP contribution in [-0.4, -0.2) is 19.6 Å². The van der Waals surface area contributed by atoms with E-state index in [0.717, 1.165) is 0 Å². The van der Waals surface area contributed by atoms with Crippen LogP contribution in [0.1, 0.15) is 0 Å². The number of anilines is 1. The van der Waals surface area contributed by atoms with Gasteiger partial charge in [0, 0.05) is 7.05 Å². The summed E-state index contributed by atoms with van der Waals surface area (Å²) in [6, 6.07) is 6.24. The molecular weight excluding hydrogens is 218 g/mol. The lowest BCUT2D eigenvalue weighted by atomic mass is 10.3. The molecule has 4 N–H and O–H groups in total. The van der Waals surface area contributed by atoms with Gasteiger partial charge in [0.2, 0.25) is 5.96 Å². The Labute approximate surface area is 91.3 Å². The van der Waals surface area contributed by atoms with E-state index >= 15 is 0 Å². The Balaban J connectivity index is 2.86. The highest BCUT2D eigenvalue weighted by Crippen LogP contribution is 2.25. The minimum Gasteiger partial charge on any atom is -0.433 e. The highest BCUT2D eigenvalue weighted by atomic mass is 19.3. The van der Waals surface area contributed by atoms with Gasteiger partial charge in [-0.3, -0.25) is 10.4 Å². The molecule has 88 valence electrons. The van der Waals surface area contributed by atoms with Crippen LogP contribution in [0.3, 0.4) is 0 Å². The Morgan fingerprint density at radius 3 is 2.69 bits per heavy atom. The molecule has 0 aromatic heterocycles. The van der Waals surface area contributed by atoms with E-state index in [4.69, 9.17) is 5.84 Å². The van der Waals surface area contributed by atoms with E-state index in [9.17, 15) is 8.78 Å². The largest absolute Gasteiger partial charge is 0.433 e. The quantitative estimate of drug-likeness (QED) is 0.315. The van der Waals surface area contributed by atoms with Gasteiger partial charge in [-0.25, -0.2) is 5.84 Å². The molecular formula is C9H12F2N4O. The Morgan fingerprint density at radius 1 is 1.44 bits per heavy atom. The molecule has 0 radical (unpaired) electrons. The van der Waals surface area contributed by atoms with Gasteiger partial charge in [0.15, 0.2) is 0 Å². The number of aliphatic imine (C=N–C) groups is 1. The fourth-order valence-corrected chi connectivity index (χ4v) is 1.05. The number of para-hydroxylation sites is 2. The van der Waals surface area contributed by atoms with Crippen molar-refractivity contribution in [3.05, 3.63) is 24.3 Å². The summed E-state index contributed by atoms with van der Waals surface area (Å²) < 4.78 is 28.5. The van der Waals surface area contributed by atoms with Crippen LogP contribution in [-0.2, 0) is 0 Å². The lowest BCUT2D eigenvalue weighted by Crippen LogP contribution is -2.36. The number of hydrazine groups is 1. The van der Waals surface area contributed by atoms with Crippen molar-refractivity contribution in [2.75, 3.05) is 12.4 Å². The van der Waals surface area contributed by atoms with E-state index in [0.29, 0.717) is 5.69 Å². The van der Waals surface area contributed by atoms with Crippen LogP contribution in [0.25, 0.3) is 0 Å². The third kappa shape index (κ3) is 3.35. The fourth-order valence-electron chi connectivity index (χ4n) is 1.05. The summed E-state index contributed by atoms with van der Waals surface area (Å²) >= 11 is 0. The molecule has 0 unspecified atom stereocenters. The lowest BCUT2D eigenvalue weighted by Gasteiger charge is -2.13. The second kappa shape index (κ2) is 5.86. The van der Waals surface area contributed by atoms with Gasteiger partial charge in [-0.2, -0.15) is 8.78 Å². The van der Waals surface area contributed by atoms with Crippen molar-refractivity contribution >= 4 is 11.6 Å². The highest BCUT2D eigenvalue weighted by molar-refractivity contribution is 5.94. The van der Waals surface area contributed by atoms with E-state index in [2.05, 4.69) is 20.5 Å². The molecule has 0 atom stereocenters. The molecule has 0 aliphatic rings. The van der Waals surface area contributed by atoms with Crippen LogP contribution in [0.15, 0.2) is 29.3 Å². The van der Waals surface area contributed by atoms with E-state index in [1.807, 2.05) is 0 Å². The van der Waals surface area contributed by atoms with Crippen molar-refractivity contribution in [2.45, 2.75) is 6.61 Å². The van der Waals surface area contributed by atoms with Crippen LogP contribution in [0.4, 0.5) is 14.5 Å². The van der Waals surface area contributed by atoms with Crippen molar-refractivity contribution < 1.29 is 13.5 Å². The number of nitrogens with one attached hydrogen (secondary N) is 2. The predicted octanol–water partition coefficient (Wildman–Crippen LogP) is 1.15. The number of halogens is 2. The standard InChI is InChI=1S/C9H12F2N4O/c1-13-9(15-12)14-6-4-2-3-5-7(6)16-8(10)11/h2-5,8H,12H2,1H3,(H2,13,14,15). The van der Waals surface area contributed by atoms with E-state index in [-0.39, 0.29) is 11.7 Å². The van der Waals surface area contributed by atoms with Gasteiger partial charge in [0.25, 0.3) is 0 Å². The summed E-state index contributed by atoms with van der Waals surface area (Å²) in [7, 11) is 1.50. The zero-order chi connectivity index (χ0) is 12.0. The Bertz CT molecular complexity index is 370. The topological polar surface area (TPSA) is 71.7 Å². The molecule has 7 heteroatoms. The van der Waals surface area contributed by atoms with Crippen molar-refractivity contribution in [2.24, 2.45) is 10.8 Å². The van der Waals surface area contributed by atoms with Gasteiger partial charge in [-0.1, -0.05) is 12.1 Å². The first-order chi connectivity index (χ1) is 7.67. The van der Waals surface area contributed by atoms with Gasteiger partial charge in [0.1, 0.15) is 5.75 Å². The Morgan fingerprint density at radius 2 is 2.12 bits per heavy atom. The van der Waals surface area contributed by atoms with Crippen molar-refractivity contribution in [1.82, 2.24) is 5.43 Å². The van der Waals surface area contributed by atoms with Gasteiger partial charge < -0.3 is 10.1 Å². The van der Waals surface area contributed by atoms with Crippen molar-refractivity contribution in [3.8, 4) is 5.75 Å². The molecule has 1 aromatic carbocycles. The molecule has 1 aromatic rings. The molecule has 0 saturated heterocycles. The van der Waals surface area contributed by atoms with Crippen LogP contribution in [0, 0.1) is 0 Å². The summed E-state index contributed by atoms with van der Waals surface area (Å²) in [5.41, 5.74) is 2.63. The Kier molecular flexibility index (Phi) is 4.46. The molecule has 0 aliphatic carbocycles. The number of hydrogen-bond acceptors (Lipinski definition) is 3. The molecule has 0 aliphatic heterocycles. The zero-order valence-electron chi connectivity index (χ0n) is 8.58. The number of hydrogen-bond donors (Lipinski definition) is 3. The third-order valence-electron chi connectivity index (χ3n) is 1.72. The van der Waals surface area contributed by atoms with E-state index in [1.54, 1.807) is 18.2 Å². The summed E-state index contributed by atoms with van der Waals surface area (Å²) in [5, 5.41) is 2.71. The smallest absolute Gasteiger partial charge is 0.387 e. The van der Waals surface area contributed by atoms with Crippen LogP contribution >= 0.6 is 0 Å². The average molecular weight is 230 g/mol. The number of alkyl halides is 2. The first-order valence-corrected chi connectivity index (χ1v) is 4.41. The van der Waals surface area contributed by atoms with Gasteiger partial charge >= 0.3 is 6.61 Å². The number of nitrogens with zero attached hydrogens (tertiary/aromatic N) is 1. The van der Waals surface area contributed by atoms with Crippen LogP contribution in [0.2, 0.25) is 0 Å². The fraction of sp³-hybridized carbons (Fsp3) is 0.222. The molecule has 1 rings (SSSR count). The molecule has 0 heterocycles. The first-order valence-electron chi connectivity index (χ1n) is 4.41. The molecule has 5 nitrogen and oxygen atoms in total. The SMILES string of the molecule is CN=C(NN)Nc1ccccc1OC(F)F. The maximum Gasteiger partial charge on any atom is 0.387 e. The lowest BCUT2D eigenvalue weighted by molar-refractivity contribution is -0.0493. The van der Waals surface area contributed by atoms with Gasteiger partial charge in [0.05, 0.1) is 5.69 Å². The first kappa shape index (κ1) is 12.2. The molecule has 0 saturated carbocycles. The Hall–Kier alpha value is -1.89. The zero-order valence-corrected chi connectivity index (χ0v) is 8.58. The molecule has 0 fully saturated rings. The van der Waals surface area contributed by atoms with Crippen molar-refractivity contribution in [1.29, 1.82) is 0 Å². The number of benzene rings is 1. The van der Waals surface area contributed by atoms with Gasteiger partial charge in [-0.05, 0) is 12.1 Å². The molecule has 0 amide bonds. The third-order valence-corrected chi connectivity index (χ3v) is 1.72. The number of ether oxygens (including phenoxy) is 1. The molecule has 0 bridgehead atoms. The summed E-state index contributed by atoms with van der Waals surface area (Å²) in [4.78, 5) is 3.75. The summed E-state index contributed by atoms with van der Waals surface area (Å²) in [5.74, 6) is 5.41. The van der Waals surface area contributed by atoms with E-state index in [1.165, 1.54) is 13.1 Å². The monoisotopic (exact) mass is 230 g/mol. The molecule has 16 heavy (non-hydrogen) atoms. The normalized spacial score (nSPS) is 11.4. The number of nitrogens with two attached hydrogens (primary N) is 1. The maximum atomic E-state index is 12.1. The summed E-state index contributed by atoms with van der Waals surface area (Å²) in [6.45, 7) is -2.88. The number of guanidine groups is 1. The number of rotatable bonds is 3. The minimum atomic E-state index is -2.88.